The topological polar surface area (TPSA) is 170 Å². The lowest BCUT2D eigenvalue weighted by atomic mass is 10.1. The number of hydrogen-bond acceptors (Lipinski definition) is 12. The minimum absolute atomic E-state index is 0.597. The van der Waals surface area contributed by atoms with Gasteiger partial charge in [0.15, 0.2) is 52.4 Å². The Kier molecular flexibility index (Phi) is 18.5. The molecular weight excluding hydrogens is 1620 g/mol. The van der Waals surface area contributed by atoms with Crippen molar-refractivity contribution in [1.29, 1.82) is 0 Å². The van der Waals surface area contributed by atoms with Gasteiger partial charge >= 0.3 is 0 Å². The maximum Gasteiger partial charge on any atom is 0.164 e. The molecule has 27 aromatic rings. The van der Waals surface area contributed by atoms with Gasteiger partial charge in [0.25, 0.3) is 0 Å². The molecule has 9 heterocycles. The van der Waals surface area contributed by atoms with E-state index in [2.05, 4.69) is 256 Å². The van der Waals surface area contributed by atoms with Gasteiger partial charge in [0.05, 0.1) is 33.1 Å². The third-order valence-electron chi connectivity index (χ3n) is 24.8. The zero-order valence-corrected chi connectivity index (χ0v) is 70.7. The summed E-state index contributed by atoms with van der Waals surface area (Å²) in [6.07, 6.45) is 0. The van der Waals surface area contributed by atoms with Crippen LogP contribution in [0.5, 0.6) is 0 Å². The quantitative estimate of drug-likeness (QED) is 0.114. The summed E-state index contributed by atoms with van der Waals surface area (Å²) in [4.78, 5) is 45.3. The molecule has 0 aliphatic heterocycles. The van der Waals surface area contributed by atoms with E-state index in [4.69, 9.17) is 58.1 Å². The number of aromatic nitrogens is 12. The second kappa shape index (κ2) is 32.0. The highest BCUT2D eigenvalue weighted by Crippen LogP contribution is 2.43. The molecule has 0 bridgehead atoms. The Morgan fingerprint density at radius 1 is 0.144 bits per heavy atom. The predicted molar refractivity (Wildman–Crippen MR) is 533 cm³/mol. The van der Waals surface area contributed by atoms with E-state index in [-0.39, 0.29) is 0 Å². The normalized spacial score (nSPS) is 11.6. The molecule has 0 amide bonds. The zero-order valence-electron chi connectivity index (χ0n) is 70.7. The third-order valence-corrected chi connectivity index (χ3v) is 24.8. The van der Waals surface area contributed by atoms with E-state index in [0.29, 0.717) is 52.4 Å². The number of rotatable bonds is 12. The van der Waals surface area contributed by atoms with Crippen molar-refractivity contribution in [2.75, 3.05) is 0 Å². The van der Waals surface area contributed by atoms with Crippen molar-refractivity contribution in [2.45, 2.75) is 0 Å². The van der Waals surface area contributed by atoms with Crippen molar-refractivity contribution in [3.63, 3.8) is 0 Å². The number of hydrogen-bond donors (Lipinski definition) is 0. The van der Waals surface area contributed by atoms with Gasteiger partial charge in [0.2, 0.25) is 0 Å². The molecule has 0 aliphatic carbocycles. The van der Waals surface area contributed by atoms with Crippen LogP contribution in [0, 0.1) is 0 Å². The molecule has 0 fully saturated rings. The summed E-state index contributed by atoms with van der Waals surface area (Å²) in [7, 11) is 0. The lowest BCUT2D eigenvalue weighted by Gasteiger charge is -2.11. The van der Waals surface area contributed by atoms with E-state index in [1.165, 1.54) is 32.3 Å². The smallest absolute Gasteiger partial charge is 0.164 e. The van der Waals surface area contributed by atoms with Crippen molar-refractivity contribution >= 4 is 131 Å². The highest BCUT2D eigenvalue weighted by molar-refractivity contribution is 6.15. The van der Waals surface area contributed by atoms with Gasteiger partial charge in [-0.1, -0.05) is 309 Å². The summed E-state index contributed by atoms with van der Waals surface area (Å²) in [6, 6.07) is 149. The summed E-state index contributed by atoms with van der Waals surface area (Å²) in [5.41, 5.74) is 23.4. The highest BCUT2D eigenvalue weighted by Gasteiger charge is 2.25. The van der Waals surface area contributed by atoms with Gasteiger partial charge < -0.3 is 27.0 Å². The number of nitrogens with zero attached hydrogens (tertiary/aromatic N) is 12. The number of furan rings is 3. The maximum absolute atomic E-state index is 6.20. The fraction of sp³-hybridized carbons (Fsp3) is 0. The molecule has 132 heavy (non-hydrogen) atoms. The van der Waals surface area contributed by atoms with Crippen LogP contribution >= 0.6 is 0 Å². The van der Waals surface area contributed by atoms with Crippen LogP contribution in [0.4, 0.5) is 0 Å². The number of benzene rings is 18. The predicted octanol–water partition coefficient (Wildman–Crippen LogP) is 29.6. The lowest BCUT2D eigenvalue weighted by Crippen LogP contribution is -2.00. The molecule has 9 aromatic heterocycles. The van der Waals surface area contributed by atoms with Crippen LogP contribution in [0.3, 0.4) is 0 Å². The average molecular weight is 1690 g/mol. The molecule has 0 radical (unpaired) electrons. The molecule has 27 rings (SSSR count). The molecular formula is C117H72N12O3. The molecule has 618 valence electrons. The van der Waals surface area contributed by atoms with E-state index in [9.17, 15) is 0 Å². The second-order valence-electron chi connectivity index (χ2n) is 32.7. The molecule has 0 spiro atoms. The summed E-state index contributed by atoms with van der Waals surface area (Å²) < 4.78 is 25.4. The van der Waals surface area contributed by atoms with Crippen LogP contribution in [-0.2, 0) is 0 Å². The summed E-state index contributed by atoms with van der Waals surface area (Å²) in [5, 5.41) is 13.5. The van der Waals surface area contributed by atoms with Crippen LogP contribution in [0.2, 0.25) is 0 Å². The minimum atomic E-state index is 0.597. The number of para-hydroxylation sites is 9. The van der Waals surface area contributed by atoms with Gasteiger partial charge in [-0.2, -0.15) is 0 Å². The monoisotopic (exact) mass is 1690 g/mol. The minimum Gasteiger partial charge on any atom is -0.456 e. The Morgan fingerprint density at radius 2 is 0.402 bits per heavy atom. The zero-order chi connectivity index (χ0) is 87.1. The molecule has 0 saturated heterocycles. The Bertz CT molecular complexity index is 9160. The second-order valence-corrected chi connectivity index (χ2v) is 32.7. The van der Waals surface area contributed by atoms with Crippen LogP contribution < -0.4 is 0 Å². The van der Waals surface area contributed by atoms with Gasteiger partial charge in [-0.3, -0.25) is 0 Å². The van der Waals surface area contributed by atoms with Crippen molar-refractivity contribution in [3.8, 4) is 120 Å². The van der Waals surface area contributed by atoms with Gasteiger partial charge in [-0.05, 0) is 127 Å². The first-order chi connectivity index (χ1) is 65.4. The van der Waals surface area contributed by atoms with Gasteiger partial charge in [0.1, 0.15) is 33.5 Å². The van der Waals surface area contributed by atoms with Gasteiger partial charge in [-0.15, -0.1) is 0 Å². The van der Waals surface area contributed by atoms with E-state index in [1.54, 1.807) is 0 Å². The van der Waals surface area contributed by atoms with Crippen LogP contribution in [0.1, 0.15) is 0 Å². The van der Waals surface area contributed by atoms with Gasteiger partial charge in [0, 0.05) is 132 Å². The van der Waals surface area contributed by atoms with Gasteiger partial charge in [-0.25, -0.2) is 44.9 Å². The molecule has 0 atom stereocenters. The van der Waals surface area contributed by atoms with Crippen molar-refractivity contribution in [2.24, 2.45) is 0 Å². The van der Waals surface area contributed by atoms with E-state index in [0.717, 1.165) is 166 Å². The first-order valence-corrected chi connectivity index (χ1v) is 43.9. The van der Waals surface area contributed by atoms with Crippen LogP contribution in [-0.4, -0.2) is 58.6 Å². The summed E-state index contributed by atoms with van der Waals surface area (Å²) in [6.45, 7) is 0. The average Bonchev–Trinajstić information content (AvgIpc) is 1.61. The Balaban J connectivity index is 0.000000106. The molecule has 0 unspecified atom stereocenters. The number of fused-ring (bicyclic) bond motifs is 18. The standard InChI is InChI=1S/3C39H24N4O/c1-3-12-25(13-4-1)37-40-38(42-39(41-37)31-18-11-21-35-36(31)30-17-8-10-20-34(30)44-35)26-22-23-29-28-16-7-9-19-32(28)43(33(29)24-26)27-14-5-2-6-15-27;1-3-11-25(12-4-1)37-40-38(26-20-22-36-32(23-26)31-16-8-10-18-35(31)44-36)42-39(41-37)27-19-21-30-29-15-7-9-17-33(29)43(34(30)24-27)28-13-5-2-6-14-28;1-3-11-25(12-4-1)37-40-38(42-39(41-37)27-20-22-32-31-16-8-10-18-35(31)44-36(32)24-27)26-19-21-30-29-15-7-9-17-33(29)43(34(30)23-26)28-13-5-2-6-14-28/h3*1-24H. The van der Waals surface area contributed by atoms with Crippen molar-refractivity contribution < 1.29 is 13.3 Å². The maximum atomic E-state index is 6.20. The van der Waals surface area contributed by atoms with Crippen LogP contribution in [0.25, 0.3) is 251 Å². The Labute approximate surface area is 754 Å². The molecule has 15 nitrogen and oxygen atoms in total. The van der Waals surface area contributed by atoms with E-state index in [1.807, 2.05) is 194 Å². The van der Waals surface area contributed by atoms with Crippen molar-refractivity contribution in [1.82, 2.24) is 58.6 Å². The molecule has 0 aliphatic rings. The first-order valence-electron chi connectivity index (χ1n) is 43.9. The molecule has 0 N–H and O–H groups in total. The SMILES string of the molecule is c1ccc(-c2nc(-c3ccc4c(c3)oc3ccccc34)nc(-c3ccc4c5ccccc5n(-c5ccccc5)c4c3)n2)cc1.c1ccc(-c2nc(-c3ccc4c5ccccc5n(-c5ccccc5)c4c3)nc(-c3cccc4oc5ccccc5c34)n2)cc1.c1ccc(-c2nc(-c3ccc4oc5ccccc5c4c3)nc(-c3ccc4c5ccccc5n(-c5ccccc5)c4c3)n2)cc1. The van der Waals surface area contributed by atoms with E-state index < -0.39 is 0 Å². The van der Waals surface area contributed by atoms with Crippen LogP contribution in [0.15, 0.2) is 450 Å². The lowest BCUT2D eigenvalue weighted by molar-refractivity contribution is 0.668. The van der Waals surface area contributed by atoms with E-state index >= 15 is 0 Å². The Hall–Kier alpha value is -18.2. The molecule has 18 aromatic carbocycles. The summed E-state index contributed by atoms with van der Waals surface area (Å²) in [5.74, 6) is 5.55. The highest BCUT2D eigenvalue weighted by atomic mass is 16.3. The largest absolute Gasteiger partial charge is 0.456 e. The summed E-state index contributed by atoms with van der Waals surface area (Å²) >= 11 is 0. The molecule has 15 heteroatoms. The fourth-order valence-electron chi connectivity index (χ4n) is 18.6. The fourth-order valence-corrected chi connectivity index (χ4v) is 18.6. The third kappa shape index (κ3) is 13.5. The van der Waals surface area contributed by atoms with Crippen molar-refractivity contribution in [3.05, 3.63) is 437 Å². The first kappa shape index (κ1) is 76.2. The Morgan fingerprint density at radius 3 is 0.811 bits per heavy atom. The molecule has 0 saturated carbocycles.